The van der Waals surface area contributed by atoms with Gasteiger partial charge in [0.05, 0.1) is 0 Å². The molecule has 0 rings (SSSR count). The fourth-order valence-electron chi connectivity index (χ4n) is 1.36. The number of hydrogen-bond donors (Lipinski definition) is 0. The molecule has 0 spiro atoms. The minimum Gasteiger partial charge on any atom is -0.376 e. The molecule has 0 aromatic heterocycles. The molecule has 0 bridgehead atoms. The molecule has 0 amide bonds. The van der Waals surface area contributed by atoms with E-state index in [1.54, 1.807) is 21.3 Å². The third-order valence-corrected chi connectivity index (χ3v) is 5.25. The first-order valence-corrected chi connectivity index (χ1v) is 6.08. The van der Waals surface area contributed by atoms with Gasteiger partial charge in [-0.1, -0.05) is 19.4 Å². The van der Waals surface area contributed by atoms with Crippen molar-refractivity contribution in [3.8, 4) is 0 Å². The predicted molar refractivity (Wildman–Crippen MR) is 55.3 cm³/mol. The van der Waals surface area contributed by atoms with Crippen molar-refractivity contribution in [2.75, 3.05) is 21.3 Å². The SMILES string of the molecule is [CH2]CCC(C=C)[Si](OC)(OC)OC. The Labute approximate surface area is 82.1 Å². The Kier molecular flexibility index (Phi) is 6.24. The van der Waals surface area contributed by atoms with Crippen LogP contribution < -0.4 is 0 Å². The van der Waals surface area contributed by atoms with E-state index >= 15 is 0 Å². The highest BCUT2D eigenvalue weighted by Crippen LogP contribution is 2.29. The highest BCUT2D eigenvalue weighted by Gasteiger charge is 2.44. The molecule has 0 aliphatic carbocycles. The minimum absolute atomic E-state index is 0.130. The van der Waals surface area contributed by atoms with Gasteiger partial charge in [-0.3, -0.25) is 0 Å². The highest BCUT2D eigenvalue weighted by molar-refractivity contribution is 6.62. The molecule has 0 heterocycles. The zero-order valence-corrected chi connectivity index (χ0v) is 9.71. The Hall–Kier alpha value is -0.163. The van der Waals surface area contributed by atoms with Gasteiger partial charge in [-0.2, -0.15) is 0 Å². The minimum atomic E-state index is -2.53. The Balaban J connectivity index is 4.54. The number of rotatable bonds is 7. The lowest BCUT2D eigenvalue weighted by Crippen LogP contribution is -2.47. The van der Waals surface area contributed by atoms with Crippen molar-refractivity contribution >= 4 is 8.80 Å². The monoisotopic (exact) mass is 203 g/mol. The topological polar surface area (TPSA) is 27.7 Å². The van der Waals surface area contributed by atoms with Crippen LogP contribution in [0.5, 0.6) is 0 Å². The molecule has 4 heteroatoms. The summed E-state index contributed by atoms with van der Waals surface area (Å²) in [5, 5.41) is 0. The summed E-state index contributed by atoms with van der Waals surface area (Å²) in [6, 6.07) is 0. The Morgan fingerprint density at radius 3 is 1.92 bits per heavy atom. The zero-order chi connectivity index (χ0) is 10.3. The third kappa shape index (κ3) is 2.91. The Bertz CT molecular complexity index is 138. The van der Waals surface area contributed by atoms with Crippen molar-refractivity contribution in [3.63, 3.8) is 0 Å². The molecular weight excluding hydrogens is 184 g/mol. The molecule has 0 N–H and O–H groups in total. The first kappa shape index (κ1) is 12.8. The van der Waals surface area contributed by atoms with Crippen LogP contribution in [0.3, 0.4) is 0 Å². The van der Waals surface area contributed by atoms with Crippen LogP contribution in [-0.4, -0.2) is 30.1 Å². The number of allylic oxidation sites excluding steroid dienone is 1. The lowest BCUT2D eigenvalue weighted by molar-refractivity contribution is 0.115. The quantitative estimate of drug-likeness (QED) is 0.468. The van der Waals surface area contributed by atoms with Crippen molar-refractivity contribution in [1.82, 2.24) is 0 Å². The summed E-state index contributed by atoms with van der Waals surface area (Å²) in [5.74, 6) is 0. The predicted octanol–water partition coefficient (Wildman–Crippen LogP) is 2.03. The van der Waals surface area contributed by atoms with Gasteiger partial charge >= 0.3 is 8.80 Å². The van der Waals surface area contributed by atoms with Gasteiger partial charge in [0.25, 0.3) is 0 Å². The summed E-state index contributed by atoms with van der Waals surface area (Å²) in [7, 11) is 2.30. The van der Waals surface area contributed by atoms with Crippen molar-refractivity contribution in [2.24, 2.45) is 0 Å². The fraction of sp³-hybridized carbons (Fsp3) is 0.667. The van der Waals surface area contributed by atoms with E-state index in [4.69, 9.17) is 13.3 Å². The van der Waals surface area contributed by atoms with Gasteiger partial charge in [0.15, 0.2) is 0 Å². The van der Waals surface area contributed by atoms with Gasteiger partial charge in [0, 0.05) is 26.9 Å². The molecule has 0 fully saturated rings. The van der Waals surface area contributed by atoms with Crippen LogP contribution in [0.25, 0.3) is 0 Å². The molecule has 0 aliphatic heterocycles. The van der Waals surface area contributed by atoms with Crippen molar-refractivity contribution in [1.29, 1.82) is 0 Å². The van der Waals surface area contributed by atoms with E-state index < -0.39 is 8.80 Å². The molecule has 3 nitrogen and oxygen atoms in total. The number of hydrogen-bond acceptors (Lipinski definition) is 3. The summed E-state index contributed by atoms with van der Waals surface area (Å²) in [4.78, 5) is 0. The average Bonchev–Trinajstić information content (AvgIpc) is 2.19. The van der Waals surface area contributed by atoms with Gasteiger partial charge in [0.2, 0.25) is 0 Å². The smallest absolute Gasteiger partial charge is 0.376 e. The lowest BCUT2D eigenvalue weighted by atomic mass is 10.2. The molecule has 0 saturated carbocycles. The normalized spacial score (nSPS) is 14.2. The van der Waals surface area contributed by atoms with E-state index in [0.717, 1.165) is 12.8 Å². The molecule has 0 saturated heterocycles. The average molecular weight is 203 g/mol. The summed E-state index contributed by atoms with van der Waals surface area (Å²) in [5.41, 5.74) is 0.130. The fourth-order valence-corrected chi connectivity index (χ4v) is 3.62. The van der Waals surface area contributed by atoms with Crippen molar-refractivity contribution < 1.29 is 13.3 Å². The maximum absolute atomic E-state index is 5.34. The van der Waals surface area contributed by atoms with Gasteiger partial charge < -0.3 is 13.3 Å². The molecular formula is C9H19O3Si. The van der Waals surface area contributed by atoms with Gasteiger partial charge in [0.1, 0.15) is 0 Å². The Morgan fingerprint density at radius 2 is 1.69 bits per heavy atom. The summed E-state index contributed by atoms with van der Waals surface area (Å²) in [6.45, 7) is 7.55. The second-order valence-electron chi connectivity index (χ2n) is 2.70. The van der Waals surface area contributed by atoms with Crippen LogP contribution in [0.1, 0.15) is 12.8 Å². The third-order valence-electron chi connectivity index (χ3n) is 2.11. The van der Waals surface area contributed by atoms with Crippen LogP contribution in [-0.2, 0) is 13.3 Å². The standard InChI is InChI=1S/C9H19O3Si/c1-6-8-9(7-2)13(10-3,11-4)12-5/h7,9H,1-2,6,8H2,3-5H3. The molecule has 1 radical (unpaired) electrons. The van der Waals surface area contributed by atoms with Gasteiger partial charge in [-0.05, 0) is 6.42 Å². The molecule has 0 aromatic carbocycles. The summed E-state index contributed by atoms with van der Waals surface area (Å²) in [6.07, 6.45) is 3.53. The second kappa shape index (κ2) is 6.31. The largest absolute Gasteiger partial charge is 0.507 e. The van der Waals surface area contributed by atoms with E-state index in [1.807, 2.05) is 6.08 Å². The van der Waals surface area contributed by atoms with E-state index in [2.05, 4.69) is 13.5 Å². The first-order chi connectivity index (χ1) is 6.20. The molecule has 0 aromatic rings. The molecule has 1 atom stereocenters. The highest BCUT2D eigenvalue weighted by atomic mass is 28.4. The van der Waals surface area contributed by atoms with Gasteiger partial charge in [-0.15, -0.1) is 6.58 Å². The van der Waals surface area contributed by atoms with Gasteiger partial charge in [-0.25, -0.2) is 0 Å². The summed E-state index contributed by atoms with van der Waals surface area (Å²) >= 11 is 0. The van der Waals surface area contributed by atoms with Crippen LogP contribution in [0.15, 0.2) is 12.7 Å². The molecule has 0 aliphatic rings. The van der Waals surface area contributed by atoms with E-state index in [-0.39, 0.29) is 5.54 Å². The van der Waals surface area contributed by atoms with Crippen molar-refractivity contribution in [3.05, 3.63) is 19.6 Å². The molecule has 1 unspecified atom stereocenters. The van der Waals surface area contributed by atoms with Crippen LogP contribution in [0, 0.1) is 6.92 Å². The van der Waals surface area contributed by atoms with Crippen LogP contribution in [0.2, 0.25) is 5.54 Å². The van der Waals surface area contributed by atoms with Crippen LogP contribution >= 0.6 is 0 Å². The summed E-state index contributed by atoms with van der Waals surface area (Å²) < 4.78 is 16.0. The second-order valence-corrected chi connectivity index (χ2v) is 5.87. The van der Waals surface area contributed by atoms with E-state index in [0.29, 0.717) is 0 Å². The van der Waals surface area contributed by atoms with Crippen molar-refractivity contribution in [2.45, 2.75) is 18.4 Å². The van der Waals surface area contributed by atoms with E-state index in [1.165, 1.54) is 0 Å². The first-order valence-electron chi connectivity index (χ1n) is 4.28. The van der Waals surface area contributed by atoms with E-state index in [9.17, 15) is 0 Å². The lowest BCUT2D eigenvalue weighted by Gasteiger charge is -2.30. The molecule has 77 valence electrons. The maximum Gasteiger partial charge on any atom is 0.507 e. The Morgan fingerprint density at radius 1 is 1.23 bits per heavy atom. The zero-order valence-electron chi connectivity index (χ0n) is 8.71. The molecule has 13 heavy (non-hydrogen) atoms. The van der Waals surface area contributed by atoms with Crippen LogP contribution in [0.4, 0.5) is 0 Å². The maximum atomic E-state index is 5.34.